The molecule has 1 fully saturated rings. The topological polar surface area (TPSA) is 84.9 Å². The average Bonchev–Trinajstić information content (AvgIpc) is 3.23. The van der Waals surface area contributed by atoms with Gasteiger partial charge in [0.1, 0.15) is 11.5 Å². The summed E-state index contributed by atoms with van der Waals surface area (Å²) < 4.78 is 36.9. The summed E-state index contributed by atoms with van der Waals surface area (Å²) in [5, 5.41) is 2.76. The molecule has 0 aromatic heterocycles. The van der Waals surface area contributed by atoms with E-state index < -0.39 is 10.0 Å². The fourth-order valence-electron chi connectivity index (χ4n) is 2.94. The van der Waals surface area contributed by atoms with Crippen LogP contribution in [-0.4, -0.2) is 45.9 Å². The minimum absolute atomic E-state index is 0.198. The second kappa shape index (κ2) is 7.98. The number of benzene rings is 2. The smallest absolute Gasteiger partial charge is 0.255 e. The van der Waals surface area contributed by atoms with Gasteiger partial charge >= 0.3 is 0 Å². The molecule has 144 valence electrons. The first kappa shape index (κ1) is 19.2. The van der Waals surface area contributed by atoms with Crippen molar-refractivity contribution in [3.63, 3.8) is 0 Å². The highest BCUT2D eigenvalue weighted by Gasteiger charge is 2.27. The Bertz CT molecular complexity index is 897. The number of ether oxygens (including phenoxy) is 2. The summed E-state index contributed by atoms with van der Waals surface area (Å²) in [6.07, 6.45) is 1.76. The minimum Gasteiger partial charge on any atom is -0.497 e. The van der Waals surface area contributed by atoms with Crippen LogP contribution < -0.4 is 14.8 Å². The van der Waals surface area contributed by atoms with Crippen LogP contribution in [0.1, 0.15) is 23.2 Å². The van der Waals surface area contributed by atoms with Crippen LogP contribution in [0.25, 0.3) is 0 Å². The Kier molecular flexibility index (Phi) is 5.67. The van der Waals surface area contributed by atoms with Crippen LogP contribution in [0.3, 0.4) is 0 Å². The first-order valence-electron chi connectivity index (χ1n) is 8.58. The second-order valence-corrected chi connectivity index (χ2v) is 8.13. The average molecular weight is 390 g/mol. The third kappa shape index (κ3) is 4.23. The van der Waals surface area contributed by atoms with Crippen molar-refractivity contribution >= 4 is 21.6 Å². The zero-order chi connectivity index (χ0) is 19.4. The summed E-state index contributed by atoms with van der Waals surface area (Å²) >= 11 is 0. The van der Waals surface area contributed by atoms with Gasteiger partial charge < -0.3 is 14.8 Å². The monoisotopic (exact) mass is 390 g/mol. The second-order valence-electron chi connectivity index (χ2n) is 6.19. The van der Waals surface area contributed by atoms with Crippen LogP contribution in [0.2, 0.25) is 0 Å². The van der Waals surface area contributed by atoms with E-state index in [1.807, 2.05) is 0 Å². The standard InChI is InChI=1S/C19H22N2O5S/c1-25-16-11-15(12-17(13-16)26-2)20-19(22)14-5-7-18(8-6-14)27(23,24)21-9-3-4-10-21/h5-8,11-13H,3-4,9-10H2,1-2H3,(H,20,22). The highest BCUT2D eigenvalue weighted by atomic mass is 32.2. The molecule has 3 rings (SSSR count). The Labute approximate surface area is 158 Å². The van der Waals surface area contributed by atoms with Gasteiger partial charge in [-0.3, -0.25) is 4.79 Å². The first-order valence-corrected chi connectivity index (χ1v) is 10.0. The number of nitrogens with zero attached hydrogens (tertiary/aromatic N) is 1. The lowest BCUT2D eigenvalue weighted by Crippen LogP contribution is -2.27. The SMILES string of the molecule is COc1cc(NC(=O)c2ccc(S(=O)(=O)N3CCCC3)cc2)cc(OC)c1. The van der Waals surface area contributed by atoms with E-state index in [1.165, 1.54) is 42.8 Å². The molecule has 0 aliphatic carbocycles. The van der Waals surface area contributed by atoms with Crippen molar-refractivity contribution in [2.45, 2.75) is 17.7 Å². The Morgan fingerprint density at radius 3 is 2.04 bits per heavy atom. The van der Waals surface area contributed by atoms with E-state index in [4.69, 9.17) is 9.47 Å². The van der Waals surface area contributed by atoms with Gasteiger partial charge in [0.2, 0.25) is 10.0 Å². The predicted molar refractivity (Wildman–Crippen MR) is 102 cm³/mol. The van der Waals surface area contributed by atoms with Gasteiger partial charge in [-0.15, -0.1) is 0 Å². The molecule has 1 heterocycles. The molecule has 27 heavy (non-hydrogen) atoms. The van der Waals surface area contributed by atoms with E-state index in [0.29, 0.717) is 35.8 Å². The Morgan fingerprint density at radius 1 is 0.963 bits per heavy atom. The number of carbonyl (C=O) groups is 1. The summed E-state index contributed by atoms with van der Waals surface area (Å²) in [6.45, 7) is 1.09. The molecule has 1 aliphatic rings. The molecule has 7 nitrogen and oxygen atoms in total. The Morgan fingerprint density at radius 2 is 1.52 bits per heavy atom. The van der Waals surface area contributed by atoms with Crippen LogP contribution in [0.15, 0.2) is 47.4 Å². The molecule has 0 atom stereocenters. The molecule has 0 bridgehead atoms. The zero-order valence-electron chi connectivity index (χ0n) is 15.3. The van der Waals surface area contributed by atoms with E-state index in [1.54, 1.807) is 18.2 Å². The summed E-state index contributed by atoms with van der Waals surface area (Å²) in [7, 11) is -0.434. The number of nitrogens with one attached hydrogen (secondary N) is 1. The van der Waals surface area contributed by atoms with Gasteiger partial charge in [0.05, 0.1) is 19.1 Å². The lowest BCUT2D eigenvalue weighted by Gasteiger charge is -2.15. The fraction of sp³-hybridized carbons (Fsp3) is 0.316. The van der Waals surface area contributed by atoms with Crippen molar-refractivity contribution in [3.8, 4) is 11.5 Å². The third-order valence-corrected chi connectivity index (χ3v) is 6.34. The molecule has 0 unspecified atom stereocenters. The third-order valence-electron chi connectivity index (χ3n) is 4.43. The van der Waals surface area contributed by atoms with Crippen molar-refractivity contribution in [3.05, 3.63) is 48.0 Å². The zero-order valence-corrected chi connectivity index (χ0v) is 16.1. The summed E-state index contributed by atoms with van der Waals surface area (Å²) in [5.74, 6) is 0.754. The highest BCUT2D eigenvalue weighted by Crippen LogP contribution is 2.26. The van der Waals surface area contributed by atoms with E-state index in [2.05, 4.69) is 5.32 Å². The number of hydrogen-bond donors (Lipinski definition) is 1. The molecular formula is C19H22N2O5S. The van der Waals surface area contributed by atoms with Crippen LogP contribution in [0.4, 0.5) is 5.69 Å². The van der Waals surface area contributed by atoms with Gasteiger partial charge in [0.25, 0.3) is 5.91 Å². The number of anilines is 1. The molecule has 0 radical (unpaired) electrons. The van der Waals surface area contributed by atoms with Crippen LogP contribution in [0, 0.1) is 0 Å². The Hall–Kier alpha value is -2.58. The molecule has 1 N–H and O–H groups in total. The maximum absolute atomic E-state index is 12.5. The summed E-state index contributed by atoms with van der Waals surface area (Å²) in [5.41, 5.74) is 0.877. The van der Waals surface area contributed by atoms with Gasteiger partial charge in [-0.25, -0.2) is 8.42 Å². The maximum atomic E-state index is 12.5. The molecule has 2 aromatic rings. The lowest BCUT2D eigenvalue weighted by atomic mass is 10.2. The lowest BCUT2D eigenvalue weighted by molar-refractivity contribution is 0.102. The fourth-order valence-corrected chi connectivity index (χ4v) is 4.46. The van der Waals surface area contributed by atoms with Crippen LogP contribution in [0.5, 0.6) is 11.5 Å². The molecular weight excluding hydrogens is 368 g/mol. The molecule has 1 aliphatic heterocycles. The van der Waals surface area contributed by atoms with E-state index in [9.17, 15) is 13.2 Å². The van der Waals surface area contributed by atoms with Crippen molar-refractivity contribution < 1.29 is 22.7 Å². The number of methoxy groups -OCH3 is 2. The van der Waals surface area contributed by atoms with E-state index in [-0.39, 0.29) is 10.8 Å². The highest BCUT2D eigenvalue weighted by molar-refractivity contribution is 7.89. The van der Waals surface area contributed by atoms with Crippen molar-refractivity contribution in [2.75, 3.05) is 32.6 Å². The van der Waals surface area contributed by atoms with Gasteiger partial charge in [-0.1, -0.05) is 0 Å². The largest absolute Gasteiger partial charge is 0.497 e. The number of rotatable bonds is 6. The number of sulfonamides is 1. The minimum atomic E-state index is -3.49. The van der Waals surface area contributed by atoms with Crippen molar-refractivity contribution in [1.82, 2.24) is 4.31 Å². The van der Waals surface area contributed by atoms with Gasteiger partial charge in [0, 0.05) is 42.5 Å². The van der Waals surface area contributed by atoms with Gasteiger partial charge in [-0.05, 0) is 37.1 Å². The molecule has 1 amide bonds. The van der Waals surface area contributed by atoms with Gasteiger partial charge in [-0.2, -0.15) is 4.31 Å². The van der Waals surface area contributed by atoms with Crippen molar-refractivity contribution in [1.29, 1.82) is 0 Å². The van der Waals surface area contributed by atoms with Crippen LogP contribution in [-0.2, 0) is 10.0 Å². The maximum Gasteiger partial charge on any atom is 0.255 e. The van der Waals surface area contributed by atoms with Crippen LogP contribution >= 0.6 is 0 Å². The summed E-state index contributed by atoms with van der Waals surface area (Å²) in [4.78, 5) is 12.7. The summed E-state index contributed by atoms with van der Waals surface area (Å²) in [6, 6.07) is 11.0. The Balaban J connectivity index is 1.76. The van der Waals surface area contributed by atoms with Gasteiger partial charge in [0.15, 0.2) is 0 Å². The molecule has 1 saturated heterocycles. The van der Waals surface area contributed by atoms with E-state index >= 15 is 0 Å². The predicted octanol–water partition coefficient (Wildman–Crippen LogP) is 2.74. The number of carbonyl (C=O) groups excluding carboxylic acids is 1. The van der Waals surface area contributed by atoms with Crippen molar-refractivity contribution in [2.24, 2.45) is 0 Å². The molecule has 0 saturated carbocycles. The quantitative estimate of drug-likeness (QED) is 0.820. The molecule has 8 heteroatoms. The number of hydrogen-bond acceptors (Lipinski definition) is 5. The number of amides is 1. The normalized spacial score (nSPS) is 14.7. The van der Waals surface area contributed by atoms with E-state index in [0.717, 1.165) is 12.8 Å². The first-order chi connectivity index (χ1) is 12.9. The molecule has 0 spiro atoms. The molecule has 2 aromatic carbocycles.